The molecule has 1 fully saturated rings. The van der Waals surface area contributed by atoms with Gasteiger partial charge in [-0.15, -0.1) is 12.4 Å². The highest BCUT2D eigenvalue weighted by Gasteiger charge is 2.18. The highest BCUT2D eigenvalue weighted by molar-refractivity contribution is 5.92. The van der Waals surface area contributed by atoms with Crippen molar-refractivity contribution < 1.29 is 9.53 Å². The maximum absolute atomic E-state index is 12.0. The van der Waals surface area contributed by atoms with Gasteiger partial charge in [-0.1, -0.05) is 25.0 Å². The number of halogens is 1. The number of unbranched alkanes of at least 4 members (excludes halogenated alkanes) is 3. The van der Waals surface area contributed by atoms with Crippen molar-refractivity contribution in [2.45, 2.75) is 63.9 Å². The molecule has 0 atom stereocenters. The van der Waals surface area contributed by atoms with Gasteiger partial charge in [0, 0.05) is 6.42 Å². The normalized spacial score (nSPS) is 14.3. The van der Waals surface area contributed by atoms with Crippen LogP contribution in [0.5, 0.6) is 5.75 Å². The van der Waals surface area contributed by atoms with Gasteiger partial charge in [0.15, 0.2) is 0 Å². The van der Waals surface area contributed by atoms with Gasteiger partial charge in [0.05, 0.1) is 11.8 Å². The monoisotopic (exact) mass is 340 g/mol. The summed E-state index contributed by atoms with van der Waals surface area (Å²) >= 11 is 0. The lowest BCUT2D eigenvalue weighted by Gasteiger charge is -2.16. The predicted molar refractivity (Wildman–Crippen MR) is 97.3 cm³/mol. The van der Waals surface area contributed by atoms with Crippen molar-refractivity contribution in [1.29, 1.82) is 0 Å². The number of benzene rings is 1. The molecule has 2 rings (SSSR count). The number of carbonyl (C=O) groups is 1. The Labute approximate surface area is 145 Å². The number of rotatable bonds is 9. The van der Waals surface area contributed by atoms with E-state index in [9.17, 15) is 4.79 Å². The van der Waals surface area contributed by atoms with E-state index in [0.717, 1.165) is 56.5 Å². The lowest BCUT2D eigenvalue weighted by Crippen LogP contribution is -2.15. The van der Waals surface area contributed by atoms with Crippen molar-refractivity contribution in [3.05, 3.63) is 24.3 Å². The largest absolute Gasteiger partial charge is 0.488 e. The third kappa shape index (κ3) is 7.23. The molecule has 0 bridgehead atoms. The number of amides is 1. The van der Waals surface area contributed by atoms with Gasteiger partial charge in [0.2, 0.25) is 5.91 Å². The topological polar surface area (TPSA) is 64.4 Å². The van der Waals surface area contributed by atoms with Crippen molar-refractivity contribution in [3.63, 3.8) is 0 Å². The van der Waals surface area contributed by atoms with E-state index in [1.54, 1.807) is 0 Å². The molecule has 3 N–H and O–H groups in total. The first-order valence-electron chi connectivity index (χ1n) is 8.55. The molecular formula is C18H29ClN2O2. The van der Waals surface area contributed by atoms with Gasteiger partial charge in [0.25, 0.3) is 0 Å². The van der Waals surface area contributed by atoms with Crippen LogP contribution < -0.4 is 15.8 Å². The Morgan fingerprint density at radius 1 is 1.13 bits per heavy atom. The minimum absolute atomic E-state index is 0. The summed E-state index contributed by atoms with van der Waals surface area (Å²) in [5.41, 5.74) is 6.26. The van der Waals surface area contributed by atoms with Crippen LogP contribution in [-0.2, 0) is 4.79 Å². The number of para-hydroxylation sites is 2. The fraction of sp³-hybridized carbons (Fsp3) is 0.611. The zero-order valence-electron chi connectivity index (χ0n) is 13.8. The van der Waals surface area contributed by atoms with Crippen LogP contribution in [0.2, 0.25) is 0 Å². The third-order valence-electron chi connectivity index (χ3n) is 4.11. The standard InChI is InChI=1S/C18H28N2O2.ClH/c19-14-8-2-1-3-13-18(21)20-16-11-6-7-12-17(16)22-15-9-4-5-10-15;/h6-7,11-12,15H,1-5,8-10,13-14,19H2,(H,20,21);1H. The average Bonchev–Trinajstić information content (AvgIpc) is 3.02. The van der Waals surface area contributed by atoms with Crippen LogP contribution in [0.25, 0.3) is 0 Å². The lowest BCUT2D eigenvalue weighted by atomic mass is 10.1. The number of nitrogens with one attached hydrogen (secondary N) is 1. The Balaban J connectivity index is 0.00000264. The van der Waals surface area contributed by atoms with E-state index in [1.165, 1.54) is 12.8 Å². The molecule has 5 heteroatoms. The van der Waals surface area contributed by atoms with Gasteiger partial charge in [-0.25, -0.2) is 0 Å². The molecule has 0 spiro atoms. The molecule has 130 valence electrons. The maximum atomic E-state index is 12.0. The SMILES string of the molecule is Cl.NCCCCCCC(=O)Nc1ccccc1OC1CCCC1. The fourth-order valence-electron chi connectivity index (χ4n) is 2.85. The Morgan fingerprint density at radius 3 is 2.57 bits per heavy atom. The van der Waals surface area contributed by atoms with Crippen LogP contribution in [0, 0.1) is 0 Å². The van der Waals surface area contributed by atoms with Gasteiger partial charge in [-0.05, 0) is 57.2 Å². The summed E-state index contributed by atoms with van der Waals surface area (Å²) in [6.45, 7) is 0.734. The predicted octanol–water partition coefficient (Wildman–Crippen LogP) is 4.28. The smallest absolute Gasteiger partial charge is 0.224 e. The van der Waals surface area contributed by atoms with E-state index in [4.69, 9.17) is 10.5 Å². The van der Waals surface area contributed by atoms with Gasteiger partial charge in [-0.2, -0.15) is 0 Å². The van der Waals surface area contributed by atoms with Gasteiger partial charge in [-0.3, -0.25) is 4.79 Å². The second-order valence-corrected chi connectivity index (χ2v) is 6.02. The summed E-state index contributed by atoms with van der Waals surface area (Å²) in [5, 5.41) is 2.99. The molecule has 4 nitrogen and oxygen atoms in total. The summed E-state index contributed by atoms with van der Waals surface area (Å²) in [5.74, 6) is 0.862. The first-order valence-corrected chi connectivity index (χ1v) is 8.55. The Kier molecular flexibility index (Phi) is 9.72. The highest BCUT2D eigenvalue weighted by atomic mass is 35.5. The van der Waals surface area contributed by atoms with E-state index >= 15 is 0 Å². The van der Waals surface area contributed by atoms with E-state index in [-0.39, 0.29) is 18.3 Å². The molecule has 0 radical (unpaired) electrons. The first kappa shape index (κ1) is 19.8. The van der Waals surface area contributed by atoms with Crippen molar-refractivity contribution >= 4 is 24.0 Å². The molecule has 1 amide bonds. The molecule has 1 aromatic carbocycles. The quantitative estimate of drug-likeness (QED) is 0.659. The molecule has 0 unspecified atom stereocenters. The average molecular weight is 341 g/mol. The minimum Gasteiger partial charge on any atom is -0.488 e. The molecule has 1 aliphatic carbocycles. The Bertz CT molecular complexity index is 462. The number of ether oxygens (including phenoxy) is 1. The summed E-state index contributed by atoms with van der Waals surface area (Å²) in [4.78, 5) is 12.0. The van der Waals surface area contributed by atoms with Crippen molar-refractivity contribution in [1.82, 2.24) is 0 Å². The molecule has 0 heterocycles. The van der Waals surface area contributed by atoms with E-state index in [1.807, 2.05) is 24.3 Å². The van der Waals surface area contributed by atoms with Gasteiger partial charge in [0.1, 0.15) is 5.75 Å². The molecular weight excluding hydrogens is 312 g/mol. The van der Waals surface area contributed by atoms with E-state index in [2.05, 4.69) is 5.32 Å². The second kappa shape index (κ2) is 11.3. The molecule has 1 aromatic rings. The van der Waals surface area contributed by atoms with Crippen LogP contribution in [0.4, 0.5) is 5.69 Å². The van der Waals surface area contributed by atoms with Crippen molar-refractivity contribution in [2.24, 2.45) is 5.73 Å². The van der Waals surface area contributed by atoms with E-state index in [0.29, 0.717) is 12.5 Å². The zero-order chi connectivity index (χ0) is 15.6. The number of hydrogen-bond donors (Lipinski definition) is 2. The minimum atomic E-state index is 0. The Morgan fingerprint density at radius 2 is 1.83 bits per heavy atom. The fourth-order valence-corrected chi connectivity index (χ4v) is 2.85. The summed E-state index contributed by atoms with van der Waals surface area (Å²) in [6.07, 6.45) is 9.68. The maximum Gasteiger partial charge on any atom is 0.224 e. The van der Waals surface area contributed by atoms with E-state index < -0.39 is 0 Å². The van der Waals surface area contributed by atoms with Gasteiger partial charge < -0.3 is 15.8 Å². The number of anilines is 1. The van der Waals surface area contributed by atoms with Crippen LogP contribution in [0.1, 0.15) is 57.8 Å². The summed E-state index contributed by atoms with van der Waals surface area (Å²) in [7, 11) is 0. The number of nitrogens with two attached hydrogens (primary N) is 1. The van der Waals surface area contributed by atoms with Crippen LogP contribution in [-0.4, -0.2) is 18.6 Å². The number of carbonyl (C=O) groups excluding carboxylic acids is 1. The van der Waals surface area contributed by atoms with Crippen molar-refractivity contribution in [2.75, 3.05) is 11.9 Å². The zero-order valence-corrected chi connectivity index (χ0v) is 14.6. The van der Waals surface area contributed by atoms with Crippen LogP contribution in [0.15, 0.2) is 24.3 Å². The Hall–Kier alpha value is -1.26. The van der Waals surface area contributed by atoms with Crippen LogP contribution in [0.3, 0.4) is 0 Å². The highest BCUT2D eigenvalue weighted by Crippen LogP contribution is 2.29. The lowest BCUT2D eigenvalue weighted by molar-refractivity contribution is -0.116. The first-order chi connectivity index (χ1) is 10.8. The second-order valence-electron chi connectivity index (χ2n) is 6.02. The molecule has 0 saturated heterocycles. The third-order valence-corrected chi connectivity index (χ3v) is 4.11. The molecule has 1 aliphatic rings. The van der Waals surface area contributed by atoms with Crippen LogP contribution >= 0.6 is 12.4 Å². The molecule has 0 aliphatic heterocycles. The van der Waals surface area contributed by atoms with Gasteiger partial charge >= 0.3 is 0 Å². The summed E-state index contributed by atoms with van der Waals surface area (Å²) < 4.78 is 6.04. The molecule has 1 saturated carbocycles. The van der Waals surface area contributed by atoms with Crippen molar-refractivity contribution in [3.8, 4) is 5.75 Å². The number of hydrogen-bond acceptors (Lipinski definition) is 3. The molecule has 23 heavy (non-hydrogen) atoms. The molecule has 0 aromatic heterocycles. The summed E-state index contributed by atoms with van der Waals surface area (Å²) in [6, 6.07) is 7.73.